The van der Waals surface area contributed by atoms with Gasteiger partial charge < -0.3 is 15.2 Å². The summed E-state index contributed by atoms with van der Waals surface area (Å²) in [5, 5.41) is 12.3. The number of halogens is 1. The van der Waals surface area contributed by atoms with Crippen molar-refractivity contribution in [1.82, 2.24) is 5.32 Å². The van der Waals surface area contributed by atoms with Crippen LogP contribution >= 0.6 is 0 Å². The van der Waals surface area contributed by atoms with Crippen LogP contribution in [0.25, 0.3) is 0 Å². The Morgan fingerprint density at radius 3 is 2.03 bits per heavy atom. The molecule has 0 fully saturated rings. The lowest BCUT2D eigenvalue weighted by atomic mass is 9.97. The Labute approximate surface area is 172 Å². The molecule has 0 radical (unpaired) electrons. The number of amides is 1. The molecule has 2 aromatic carbocycles. The Morgan fingerprint density at radius 1 is 1.03 bits per heavy atom. The number of alkyl carbamates (subject to hydrolysis) is 1. The average molecular weight is 400 g/mol. The Balaban J connectivity index is 2.17. The van der Waals surface area contributed by atoms with Crippen molar-refractivity contribution in [3.8, 4) is 0 Å². The third-order valence-corrected chi connectivity index (χ3v) is 4.28. The predicted molar refractivity (Wildman–Crippen MR) is 113 cm³/mol. The summed E-state index contributed by atoms with van der Waals surface area (Å²) in [6, 6.07) is 18.1. The number of benzene rings is 2. The van der Waals surface area contributed by atoms with Crippen molar-refractivity contribution in [2.24, 2.45) is 5.92 Å². The van der Waals surface area contributed by atoms with Crippen molar-refractivity contribution in [2.75, 3.05) is 6.61 Å². The molecule has 5 heteroatoms. The summed E-state index contributed by atoms with van der Waals surface area (Å²) in [6.07, 6.45) is 1.52. The van der Waals surface area contributed by atoms with Crippen molar-refractivity contribution in [2.45, 2.75) is 45.3 Å². The second-order valence-electron chi connectivity index (χ2n) is 8.07. The number of carbonyl (C=O) groups excluding carboxylic acids is 1. The zero-order chi connectivity index (χ0) is 21.3. The first-order chi connectivity index (χ1) is 13.8. The molecular weight excluding hydrogens is 369 g/mol. The van der Waals surface area contributed by atoms with Gasteiger partial charge in [-0.3, -0.25) is 0 Å². The minimum Gasteiger partial charge on any atom is -0.444 e. The van der Waals surface area contributed by atoms with E-state index in [0.29, 0.717) is 6.42 Å². The largest absolute Gasteiger partial charge is 0.444 e. The molecule has 4 nitrogen and oxygen atoms in total. The first kappa shape index (κ1) is 22.6. The van der Waals surface area contributed by atoms with Crippen LogP contribution in [0.3, 0.4) is 0 Å². The van der Waals surface area contributed by atoms with E-state index < -0.39 is 29.5 Å². The van der Waals surface area contributed by atoms with Crippen molar-refractivity contribution in [3.63, 3.8) is 0 Å². The molecule has 0 aromatic heterocycles. The second-order valence-corrected chi connectivity index (χ2v) is 8.07. The van der Waals surface area contributed by atoms with E-state index in [4.69, 9.17) is 4.74 Å². The van der Waals surface area contributed by atoms with Crippen LogP contribution in [-0.2, 0) is 17.6 Å². The minimum atomic E-state index is -0.878. The molecule has 156 valence electrons. The molecule has 2 rings (SSSR count). The standard InChI is InChI=1S/C24H30FNO3/c1-24(2,3)29-23(28)26-22(16-19-12-8-5-9-13-19)21(25)15-20(17-27)14-18-10-6-4-7-11-18/h4-13,15,20,22,27H,14,16-17H2,1-3H3,(H,26,28)/t20-,22+/m0/s1. The summed E-state index contributed by atoms with van der Waals surface area (Å²) in [4.78, 5) is 12.2. The normalized spacial score (nSPS) is 14.2. The summed E-state index contributed by atoms with van der Waals surface area (Å²) >= 11 is 0. The van der Waals surface area contributed by atoms with Crippen LogP contribution in [0.5, 0.6) is 0 Å². The molecule has 2 atom stereocenters. The van der Waals surface area contributed by atoms with Gasteiger partial charge in [0.15, 0.2) is 0 Å². The van der Waals surface area contributed by atoms with Crippen molar-refractivity contribution >= 4 is 6.09 Å². The molecule has 0 saturated carbocycles. The van der Waals surface area contributed by atoms with Gasteiger partial charge in [0.25, 0.3) is 0 Å². The van der Waals surface area contributed by atoms with E-state index in [1.807, 2.05) is 60.7 Å². The smallest absolute Gasteiger partial charge is 0.408 e. The van der Waals surface area contributed by atoms with Gasteiger partial charge in [-0.05, 0) is 50.8 Å². The van der Waals surface area contributed by atoms with Gasteiger partial charge >= 0.3 is 6.09 Å². The van der Waals surface area contributed by atoms with Gasteiger partial charge in [0.1, 0.15) is 11.4 Å². The first-order valence-corrected chi connectivity index (χ1v) is 9.82. The number of rotatable bonds is 8. The summed E-state index contributed by atoms with van der Waals surface area (Å²) in [6.45, 7) is 5.08. The van der Waals surface area contributed by atoms with Gasteiger partial charge in [-0.1, -0.05) is 60.7 Å². The van der Waals surface area contributed by atoms with E-state index in [9.17, 15) is 9.90 Å². The highest BCUT2D eigenvalue weighted by Gasteiger charge is 2.23. The fraction of sp³-hybridized carbons (Fsp3) is 0.375. The highest BCUT2D eigenvalue weighted by molar-refractivity contribution is 5.68. The zero-order valence-electron chi connectivity index (χ0n) is 17.3. The van der Waals surface area contributed by atoms with Crippen molar-refractivity contribution < 1.29 is 19.0 Å². The number of aliphatic hydroxyl groups is 1. The van der Waals surface area contributed by atoms with Crippen LogP contribution in [0.2, 0.25) is 0 Å². The number of carbonyl (C=O) groups is 1. The fourth-order valence-corrected chi connectivity index (χ4v) is 2.95. The van der Waals surface area contributed by atoms with Gasteiger partial charge in [0.05, 0.1) is 6.04 Å². The molecule has 0 bridgehead atoms. The maximum Gasteiger partial charge on any atom is 0.408 e. The maximum atomic E-state index is 15.2. The number of nitrogens with one attached hydrogen (secondary N) is 1. The number of hydrogen-bond donors (Lipinski definition) is 2. The molecular formula is C24H30FNO3. The fourth-order valence-electron chi connectivity index (χ4n) is 2.95. The number of ether oxygens (including phenoxy) is 1. The lowest BCUT2D eigenvalue weighted by Gasteiger charge is -2.23. The van der Waals surface area contributed by atoms with E-state index in [1.165, 1.54) is 6.08 Å². The van der Waals surface area contributed by atoms with Crippen LogP contribution in [0.15, 0.2) is 72.6 Å². The van der Waals surface area contributed by atoms with Crippen molar-refractivity contribution in [1.29, 1.82) is 0 Å². The third-order valence-electron chi connectivity index (χ3n) is 4.28. The minimum absolute atomic E-state index is 0.188. The molecule has 0 unspecified atom stereocenters. The topological polar surface area (TPSA) is 58.6 Å². The van der Waals surface area contributed by atoms with Gasteiger partial charge in [-0.2, -0.15) is 0 Å². The first-order valence-electron chi connectivity index (χ1n) is 9.82. The number of hydrogen-bond acceptors (Lipinski definition) is 3. The lowest BCUT2D eigenvalue weighted by Crippen LogP contribution is -2.41. The van der Waals surface area contributed by atoms with Crippen LogP contribution in [0, 0.1) is 5.92 Å². The van der Waals surface area contributed by atoms with Crippen LogP contribution in [0.1, 0.15) is 31.9 Å². The molecule has 0 aliphatic carbocycles. The summed E-state index contributed by atoms with van der Waals surface area (Å²) in [5.74, 6) is -0.884. The van der Waals surface area contributed by atoms with E-state index in [0.717, 1.165) is 11.1 Å². The highest BCUT2D eigenvalue weighted by Crippen LogP contribution is 2.18. The van der Waals surface area contributed by atoms with Crippen LogP contribution < -0.4 is 5.32 Å². The summed E-state index contributed by atoms with van der Waals surface area (Å²) < 4.78 is 20.5. The Kier molecular flexibility index (Phi) is 8.40. The van der Waals surface area contributed by atoms with E-state index in [1.54, 1.807) is 20.8 Å². The van der Waals surface area contributed by atoms with E-state index in [2.05, 4.69) is 5.32 Å². The quantitative estimate of drug-likeness (QED) is 0.669. The number of aliphatic hydroxyl groups excluding tert-OH is 1. The molecule has 1 amide bonds. The van der Waals surface area contributed by atoms with Gasteiger partial charge in [-0.25, -0.2) is 9.18 Å². The van der Waals surface area contributed by atoms with Crippen LogP contribution in [0.4, 0.5) is 9.18 Å². The Hall–Kier alpha value is -2.66. The Morgan fingerprint density at radius 2 is 1.55 bits per heavy atom. The zero-order valence-corrected chi connectivity index (χ0v) is 17.3. The molecule has 0 aliphatic heterocycles. The summed E-state index contributed by atoms with van der Waals surface area (Å²) in [5.41, 5.74) is 1.22. The monoisotopic (exact) mass is 399 g/mol. The maximum absolute atomic E-state index is 15.2. The molecule has 0 aliphatic rings. The molecule has 2 aromatic rings. The Bertz CT molecular complexity index is 785. The molecule has 0 saturated heterocycles. The molecule has 2 N–H and O–H groups in total. The van der Waals surface area contributed by atoms with Gasteiger partial charge in [0.2, 0.25) is 0 Å². The summed E-state index contributed by atoms with van der Waals surface area (Å²) in [7, 11) is 0. The molecule has 0 heterocycles. The highest BCUT2D eigenvalue weighted by atomic mass is 19.1. The molecule has 0 spiro atoms. The third kappa shape index (κ3) is 8.48. The van der Waals surface area contributed by atoms with Crippen LogP contribution in [-0.4, -0.2) is 29.4 Å². The van der Waals surface area contributed by atoms with Crippen molar-refractivity contribution in [3.05, 3.63) is 83.7 Å². The van der Waals surface area contributed by atoms with E-state index >= 15 is 4.39 Å². The van der Waals surface area contributed by atoms with Gasteiger partial charge in [-0.15, -0.1) is 0 Å². The van der Waals surface area contributed by atoms with E-state index in [-0.39, 0.29) is 13.0 Å². The molecule has 29 heavy (non-hydrogen) atoms. The lowest BCUT2D eigenvalue weighted by molar-refractivity contribution is 0.0506. The van der Waals surface area contributed by atoms with Gasteiger partial charge in [0, 0.05) is 12.5 Å². The predicted octanol–water partition coefficient (Wildman–Crippen LogP) is 4.83. The SMILES string of the molecule is CC(C)(C)OC(=O)N[C@H](Cc1ccccc1)C(F)=C[C@@H](CO)Cc1ccccc1. The average Bonchev–Trinajstić information content (AvgIpc) is 2.67. The second kappa shape index (κ2) is 10.8.